The van der Waals surface area contributed by atoms with Crippen molar-refractivity contribution in [3.63, 3.8) is 0 Å². The Morgan fingerprint density at radius 2 is 2.18 bits per heavy atom. The summed E-state index contributed by atoms with van der Waals surface area (Å²) in [6, 6.07) is 9.08. The minimum absolute atomic E-state index is 0.123. The van der Waals surface area contributed by atoms with Crippen LogP contribution >= 0.6 is 27.7 Å². The predicted molar refractivity (Wildman–Crippen MR) is 74.0 cm³/mol. The summed E-state index contributed by atoms with van der Waals surface area (Å²) in [5.74, 6) is 0.887. The third-order valence-electron chi connectivity index (χ3n) is 2.19. The number of nitrogens with zero attached hydrogens (tertiary/aromatic N) is 1. The van der Waals surface area contributed by atoms with E-state index in [2.05, 4.69) is 20.9 Å². The highest BCUT2D eigenvalue weighted by atomic mass is 79.9. The van der Waals surface area contributed by atoms with E-state index in [4.69, 9.17) is 5.73 Å². The van der Waals surface area contributed by atoms with E-state index < -0.39 is 0 Å². The number of aromatic nitrogens is 1. The Balaban J connectivity index is 2.08. The highest BCUT2D eigenvalue weighted by Gasteiger charge is 2.03. The molecule has 1 aromatic carbocycles. The van der Waals surface area contributed by atoms with Gasteiger partial charge in [0.25, 0.3) is 0 Å². The van der Waals surface area contributed by atoms with Crippen molar-refractivity contribution in [2.24, 2.45) is 0 Å². The summed E-state index contributed by atoms with van der Waals surface area (Å²) in [5, 5.41) is 10.3. The Morgan fingerprint density at radius 3 is 2.88 bits per heavy atom. The van der Waals surface area contributed by atoms with Crippen molar-refractivity contribution >= 4 is 33.4 Å². The van der Waals surface area contributed by atoms with Crippen LogP contribution in [0.25, 0.3) is 0 Å². The smallest absolute Gasteiger partial charge is 0.138 e. The SMILES string of the molecule is Nc1cc(CSc2ncccc2Br)ccc1O. The standard InChI is InChI=1S/C12H11BrN2OS/c13-9-2-1-5-15-12(9)17-7-8-3-4-11(16)10(14)6-8/h1-6,16H,7,14H2. The minimum atomic E-state index is 0.123. The van der Waals surface area contributed by atoms with Crippen molar-refractivity contribution in [1.82, 2.24) is 4.98 Å². The molecule has 17 heavy (non-hydrogen) atoms. The predicted octanol–water partition coefficient (Wildman–Crippen LogP) is 3.42. The van der Waals surface area contributed by atoms with Crippen LogP contribution in [0.2, 0.25) is 0 Å². The number of nitrogens with two attached hydrogens (primary N) is 1. The minimum Gasteiger partial charge on any atom is -0.506 e. The molecule has 5 heteroatoms. The topological polar surface area (TPSA) is 59.1 Å². The van der Waals surface area contributed by atoms with Crippen molar-refractivity contribution in [2.75, 3.05) is 5.73 Å². The Bertz CT molecular complexity index is 534. The molecule has 2 rings (SSSR count). The van der Waals surface area contributed by atoms with Crippen LogP contribution < -0.4 is 5.73 Å². The molecule has 1 heterocycles. The van der Waals surface area contributed by atoms with E-state index in [0.29, 0.717) is 5.69 Å². The van der Waals surface area contributed by atoms with Crippen LogP contribution in [0.15, 0.2) is 46.0 Å². The number of anilines is 1. The van der Waals surface area contributed by atoms with E-state index in [0.717, 1.165) is 20.8 Å². The zero-order chi connectivity index (χ0) is 12.3. The third-order valence-corrected chi connectivity index (χ3v) is 4.17. The van der Waals surface area contributed by atoms with Gasteiger partial charge in [-0.2, -0.15) is 0 Å². The van der Waals surface area contributed by atoms with Crippen molar-refractivity contribution in [1.29, 1.82) is 0 Å². The number of phenols is 1. The van der Waals surface area contributed by atoms with E-state index in [1.165, 1.54) is 0 Å². The molecule has 0 unspecified atom stereocenters. The maximum atomic E-state index is 9.32. The maximum Gasteiger partial charge on any atom is 0.138 e. The second-order valence-corrected chi connectivity index (χ2v) is 5.29. The Hall–Kier alpha value is -1.20. The lowest BCUT2D eigenvalue weighted by molar-refractivity contribution is 0.478. The molecule has 0 amide bonds. The van der Waals surface area contributed by atoms with Crippen LogP contribution in [-0.4, -0.2) is 10.1 Å². The summed E-state index contributed by atoms with van der Waals surface area (Å²) in [5.41, 5.74) is 7.10. The number of hydrogen-bond acceptors (Lipinski definition) is 4. The molecule has 0 radical (unpaired) electrons. The molecular weight excluding hydrogens is 300 g/mol. The second-order valence-electron chi connectivity index (χ2n) is 3.47. The first-order valence-electron chi connectivity index (χ1n) is 4.97. The molecule has 0 aliphatic carbocycles. The molecule has 3 nitrogen and oxygen atoms in total. The highest BCUT2D eigenvalue weighted by molar-refractivity contribution is 9.10. The van der Waals surface area contributed by atoms with Crippen molar-refractivity contribution < 1.29 is 5.11 Å². The van der Waals surface area contributed by atoms with Gasteiger partial charge in [0.15, 0.2) is 0 Å². The molecular formula is C12H11BrN2OS. The first-order chi connectivity index (χ1) is 8.16. The molecule has 0 fully saturated rings. The first kappa shape index (κ1) is 12.3. The van der Waals surface area contributed by atoms with E-state index in [1.54, 1.807) is 30.1 Å². The summed E-state index contributed by atoms with van der Waals surface area (Å²) >= 11 is 5.07. The van der Waals surface area contributed by atoms with Gasteiger partial charge in [-0.1, -0.05) is 6.07 Å². The number of phenolic OH excluding ortho intramolecular Hbond substituents is 1. The van der Waals surface area contributed by atoms with E-state index >= 15 is 0 Å². The number of nitrogen functional groups attached to an aromatic ring is 1. The summed E-state index contributed by atoms with van der Waals surface area (Å²) in [4.78, 5) is 4.27. The molecule has 1 aromatic heterocycles. The van der Waals surface area contributed by atoms with Gasteiger partial charge in [-0.15, -0.1) is 11.8 Å². The van der Waals surface area contributed by atoms with Crippen molar-refractivity contribution in [2.45, 2.75) is 10.8 Å². The van der Waals surface area contributed by atoms with Gasteiger partial charge < -0.3 is 10.8 Å². The third kappa shape index (κ3) is 3.14. The van der Waals surface area contributed by atoms with Gasteiger partial charge in [-0.25, -0.2) is 4.98 Å². The van der Waals surface area contributed by atoms with E-state index in [1.807, 2.05) is 18.2 Å². The average molecular weight is 311 g/mol. The molecule has 0 saturated heterocycles. The highest BCUT2D eigenvalue weighted by Crippen LogP contribution is 2.29. The summed E-state index contributed by atoms with van der Waals surface area (Å²) in [7, 11) is 0. The molecule has 2 aromatic rings. The number of hydrogen-bond donors (Lipinski definition) is 2. The van der Waals surface area contributed by atoms with Gasteiger partial charge >= 0.3 is 0 Å². The largest absolute Gasteiger partial charge is 0.506 e. The number of halogens is 1. The van der Waals surface area contributed by atoms with Crippen LogP contribution in [0.1, 0.15) is 5.56 Å². The molecule has 0 bridgehead atoms. The zero-order valence-corrected chi connectivity index (χ0v) is 11.3. The summed E-state index contributed by atoms with van der Waals surface area (Å²) in [6.07, 6.45) is 1.76. The lowest BCUT2D eigenvalue weighted by Gasteiger charge is -2.05. The number of thioether (sulfide) groups is 1. The van der Waals surface area contributed by atoms with Crippen LogP contribution in [0.4, 0.5) is 5.69 Å². The first-order valence-corrected chi connectivity index (χ1v) is 6.75. The molecule has 0 aliphatic rings. The fraction of sp³-hybridized carbons (Fsp3) is 0.0833. The van der Waals surface area contributed by atoms with Gasteiger partial charge in [0.1, 0.15) is 10.8 Å². The summed E-state index contributed by atoms with van der Waals surface area (Å²) < 4.78 is 0.983. The van der Waals surface area contributed by atoms with Gasteiger partial charge in [-0.05, 0) is 45.8 Å². The van der Waals surface area contributed by atoms with E-state index in [-0.39, 0.29) is 5.75 Å². The Morgan fingerprint density at radius 1 is 1.35 bits per heavy atom. The van der Waals surface area contributed by atoms with Crippen LogP contribution in [-0.2, 0) is 5.75 Å². The summed E-state index contributed by atoms with van der Waals surface area (Å²) in [6.45, 7) is 0. The molecule has 0 atom stereocenters. The molecule has 0 spiro atoms. The monoisotopic (exact) mass is 310 g/mol. The van der Waals surface area contributed by atoms with Gasteiger partial charge in [0.2, 0.25) is 0 Å². The van der Waals surface area contributed by atoms with E-state index in [9.17, 15) is 5.11 Å². The normalized spacial score (nSPS) is 10.4. The Kier molecular flexibility index (Phi) is 3.91. The lowest BCUT2D eigenvalue weighted by Crippen LogP contribution is -1.89. The fourth-order valence-corrected chi connectivity index (χ4v) is 2.75. The van der Waals surface area contributed by atoms with Crippen LogP contribution in [0.5, 0.6) is 5.75 Å². The molecule has 88 valence electrons. The van der Waals surface area contributed by atoms with Crippen molar-refractivity contribution in [3.8, 4) is 5.75 Å². The fourth-order valence-electron chi connectivity index (χ4n) is 1.32. The van der Waals surface area contributed by atoms with Crippen LogP contribution in [0.3, 0.4) is 0 Å². The number of aromatic hydroxyl groups is 1. The maximum absolute atomic E-state index is 9.32. The van der Waals surface area contributed by atoms with Gasteiger partial charge in [0.05, 0.1) is 5.69 Å². The van der Waals surface area contributed by atoms with Crippen LogP contribution in [0, 0.1) is 0 Å². The average Bonchev–Trinajstić information content (AvgIpc) is 2.32. The number of rotatable bonds is 3. The molecule has 0 aliphatic heterocycles. The van der Waals surface area contributed by atoms with Gasteiger partial charge in [0, 0.05) is 16.4 Å². The molecule has 0 saturated carbocycles. The zero-order valence-electron chi connectivity index (χ0n) is 8.93. The quantitative estimate of drug-likeness (QED) is 0.518. The second kappa shape index (κ2) is 5.42. The molecule has 3 N–H and O–H groups in total. The lowest BCUT2D eigenvalue weighted by atomic mass is 10.2. The number of benzene rings is 1. The van der Waals surface area contributed by atoms with Crippen molar-refractivity contribution in [3.05, 3.63) is 46.6 Å². The Labute approximate surface area is 112 Å². The van der Waals surface area contributed by atoms with Gasteiger partial charge in [-0.3, -0.25) is 0 Å². The number of pyridine rings is 1.